The first-order valence-corrected chi connectivity index (χ1v) is 11.1. The molecule has 8 heteroatoms. The molecule has 0 saturated heterocycles. The van der Waals surface area contributed by atoms with E-state index in [2.05, 4.69) is 0 Å². The van der Waals surface area contributed by atoms with Gasteiger partial charge in [-0.15, -0.1) is 0 Å². The van der Waals surface area contributed by atoms with E-state index in [1.54, 1.807) is 0 Å². The van der Waals surface area contributed by atoms with Gasteiger partial charge in [0, 0.05) is 21.6 Å². The lowest BCUT2D eigenvalue weighted by Crippen LogP contribution is -2.15. The molecule has 0 radical (unpaired) electrons. The number of ether oxygens (including phenoxy) is 2. The fourth-order valence-electron chi connectivity index (χ4n) is 0.763. The van der Waals surface area contributed by atoms with Gasteiger partial charge in [0.15, 0.2) is 0 Å². The van der Waals surface area contributed by atoms with Crippen molar-refractivity contribution >= 4 is 53.8 Å². The molecule has 0 aliphatic rings. The zero-order chi connectivity index (χ0) is 16.5. The summed E-state index contributed by atoms with van der Waals surface area (Å²) < 4.78 is 10.2. The van der Waals surface area contributed by atoms with Crippen LogP contribution in [0.4, 0.5) is 9.59 Å². The second-order valence-electron chi connectivity index (χ2n) is 6.72. The Labute approximate surface area is 143 Å². The summed E-state index contributed by atoms with van der Waals surface area (Å²) in [6, 6.07) is 0. The normalized spacial score (nSPS) is 12.1. The van der Waals surface area contributed by atoms with Gasteiger partial charge < -0.3 is 9.47 Å². The van der Waals surface area contributed by atoms with Crippen molar-refractivity contribution in [2.75, 3.05) is 18.3 Å². The van der Waals surface area contributed by atoms with Crippen molar-refractivity contribution in [1.29, 1.82) is 0 Å². The van der Waals surface area contributed by atoms with Crippen LogP contribution in [0.15, 0.2) is 0 Å². The van der Waals surface area contributed by atoms with E-state index in [1.165, 1.54) is 21.6 Å². The molecule has 0 N–H and O–H groups in total. The predicted molar refractivity (Wildman–Crippen MR) is 96.8 cm³/mol. The molecule has 21 heavy (non-hydrogen) atoms. The number of carbonyl (C=O) groups excluding carboxylic acids is 2. The molecule has 0 aliphatic carbocycles. The quantitative estimate of drug-likeness (QED) is 0.241. The van der Waals surface area contributed by atoms with Gasteiger partial charge in [0.2, 0.25) is 0 Å². The minimum atomic E-state index is -0.296. The molecule has 0 bridgehead atoms. The second-order valence-corrected chi connectivity index (χ2v) is 11.5. The molecule has 0 rings (SSSR count). The van der Waals surface area contributed by atoms with Crippen LogP contribution >= 0.6 is 43.2 Å². The van der Waals surface area contributed by atoms with Crippen LogP contribution in [0.5, 0.6) is 0 Å². The third kappa shape index (κ3) is 16.5. The fraction of sp³-hybridized carbons (Fsp3) is 0.846. The third-order valence-electron chi connectivity index (χ3n) is 1.60. The summed E-state index contributed by atoms with van der Waals surface area (Å²) in [6.07, 6.45) is 0. The molecule has 4 nitrogen and oxygen atoms in total. The van der Waals surface area contributed by atoms with Gasteiger partial charge in [0.1, 0.15) is 0 Å². The van der Waals surface area contributed by atoms with Crippen molar-refractivity contribution in [3.05, 3.63) is 0 Å². The molecule has 0 unspecified atom stereocenters. The van der Waals surface area contributed by atoms with Crippen LogP contribution in [0.1, 0.15) is 41.5 Å². The summed E-state index contributed by atoms with van der Waals surface area (Å²) in [7, 11) is 4.82. The standard InChI is InChI=1S/C13H24O4S4/c1-12(2,3)7-16-10(14)20-18-9-19-21-11(15)17-8-13(4,5)6/h7-9H2,1-6H3. The molecule has 0 spiro atoms. The van der Waals surface area contributed by atoms with Crippen LogP contribution in [0.2, 0.25) is 0 Å². The van der Waals surface area contributed by atoms with E-state index >= 15 is 0 Å². The van der Waals surface area contributed by atoms with E-state index in [-0.39, 0.29) is 21.4 Å². The van der Waals surface area contributed by atoms with E-state index in [1.807, 2.05) is 41.5 Å². The lowest BCUT2D eigenvalue weighted by atomic mass is 9.99. The highest BCUT2D eigenvalue weighted by atomic mass is 33.1. The lowest BCUT2D eigenvalue weighted by molar-refractivity contribution is 0.129. The highest BCUT2D eigenvalue weighted by Crippen LogP contribution is 2.34. The number of carbonyl (C=O) groups is 2. The monoisotopic (exact) mass is 372 g/mol. The van der Waals surface area contributed by atoms with Crippen LogP contribution in [0.25, 0.3) is 0 Å². The SMILES string of the molecule is CC(C)(C)COC(=O)SSCSSC(=O)OCC(C)(C)C. The van der Waals surface area contributed by atoms with Crippen LogP contribution in [0, 0.1) is 10.8 Å². The zero-order valence-electron chi connectivity index (χ0n) is 13.4. The van der Waals surface area contributed by atoms with Gasteiger partial charge in [0.25, 0.3) is 0 Å². The smallest absolute Gasteiger partial charge is 0.378 e. The largest absolute Gasteiger partial charge is 0.456 e. The molecule has 124 valence electrons. The van der Waals surface area contributed by atoms with E-state index < -0.39 is 0 Å². The number of hydrogen-bond donors (Lipinski definition) is 0. The molecule has 0 heterocycles. The van der Waals surface area contributed by atoms with Crippen molar-refractivity contribution in [1.82, 2.24) is 0 Å². The van der Waals surface area contributed by atoms with Crippen molar-refractivity contribution in [3.8, 4) is 0 Å². The van der Waals surface area contributed by atoms with Gasteiger partial charge in [-0.3, -0.25) is 0 Å². The van der Waals surface area contributed by atoms with Crippen LogP contribution < -0.4 is 0 Å². The molecule has 0 aromatic rings. The Bertz CT molecular complexity index is 302. The predicted octanol–water partition coefficient (Wildman–Crippen LogP) is 6.07. The van der Waals surface area contributed by atoms with Gasteiger partial charge in [-0.2, -0.15) is 0 Å². The highest BCUT2D eigenvalue weighted by molar-refractivity contribution is 8.89. The molecule has 0 saturated carbocycles. The van der Waals surface area contributed by atoms with Crippen molar-refractivity contribution in [2.24, 2.45) is 10.8 Å². The topological polar surface area (TPSA) is 52.6 Å². The average molecular weight is 373 g/mol. The molecule has 0 aromatic heterocycles. The zero-order valence-corrected chi connectivity index (χ0v) is 16.7. The Kier molecular flexibility index (Phi) is 10.3. The maximum atomic E-state index is 11.4. The Morgan fingerprint density at radius 1 is 0.762 bits per heavy atom. The van der Waals surface area contributed by atoms with E-state index in [0.717, 1.165) is 21.6 Å². The second kappa shape index (κ2) is 10.2. The summed E-state index contributed by atoms with van der Waals surface area (Å²) in [6.45, 7) is 12.9. The minimum Gasteiger partial charge on any atom is -0.456 e. The fourth-order valence-corrected chi connectivity index (χ4v) is 4.86. The van der Waals surface area contributed by atoms with Crippen LogP contribution in [-0.2, 0) is 9.47 Å². The molecule has 0 aromatic carbocycles. The Hall–Kier alpha value is 0.340. The summed E-state index contributed by atoms with van der Waals surface area (Å²) in [5, 5.41) is 0.0107. The number of hydrogen-bond acceptors (Lipinski definition) is 8. The van der Waals surface area contributed by atoms with Crippen molar-refractivity contribution in [3.63, 3.8) is 0 Å². The Morgan fingerprint density at radius 2 is 1.10 bits per heavy atom. The first-order chi connectivity index (χ1) is 9.49. The summed E-state index contributed by atoms with van der Waals surface area (Å²) >= 11 is 0. The van der Waals surface area contributed by atoms with Crippen molar-refractivity contribution in [2.45, 2.75) is 41.5 Å². The van der Waals surface area contributed by atoms with Gasteiger partial charge in [-0.25, -0.2) is 9.59 Å². The number of rotatable bonds is 6. The highest BCUT2D eigenvalue weighted by Gasteiger charge is 2.15. The van der Waals surface area contributed by atoms with Crippen LogP contribution in [-0.4, -0.2) is 28.9 Å². The maximum Gasteiger partial charge on any atom is 0.378 e. The average Bonchev–Trinajstić information content (AvgIpc) is 2.32. The molecular formula is C13H24O4S4. The van der Waals surface area contributed by atoms with E-state index in [4.69, 9.17) is 9.47 Å². The van der Waals surface area contributed by atoms with Crippen molar-refractivity contribution < 1.29 is 19.1 Å². The molecular weight excluding hydrogens is 348 g/mol. The van der Waals surface area contributed by atoms with E-state index in [9.17, 15) is 9.59 Å². The molecule has 0 atom stereocenters. The lowest BCUT2D eigenvalue weighted by Gasteiger charge is -2.17. The summed E-state index contributed by atoms with van der Waals surface area (Å²) in [5.41, 5.74) is -0.0510. The van der Waals surface area contributed by atoms with E-state index in [0.29, 0.717) is 18.3 Å². The third-order valence-corrected chi connectivity index (χ3v) is 6.37. The summed E-state index contributed by atoms with van der Waals surface area (Å²) in [5.74, 6) is 0. The maximum absolute atomic E-state index is 11.4. The molecule has 0 aliphatic heterocycles. The molecule has 0 fully saturated rings. The minimum absolute atomic E-state index is 0.0255. The summed E-state index contributed by atoms with van der Waals surface area (Å²) in [4.78, 5) is 22.8. The van der Waals surface area contributed by atoms with Gasteiger partial charge >= 0.3 is 10.6 Å². The van der Waals surface area contributed by atoms with Crippen LogP contribution in [0.3, 0.4) is 0 Å². The molecule has 0 amide bonds. The van der Waals surface area contributed by atoms with Gasteiger partial charge in [0.05, 0.1) is 18.3 Å². The first-order valence-electron chi connectivity index (χ1n) is 6.42. The van der Waals surface area contributed by atoms with Gasteiger partial charge in [-0.05, 0) is 10.8 Å². The van der Waals surface area contributed by atoms with Gasteiger partial charge in [-0.1, -0.05) is 63.1 Å². The first kappa shape index (κ1) is 21.3. The Balaban J connectivity index is 3.55. The Morgan fingerprint density at radius 3 is 1.38 bits per heavy atom.